The van der Waals surface area contributed by atoms with E-state index in [0.717, 1.165) is 17.9 Å². The third kappa shape index (κ3) is 8.17. The van der Waals surface area contributed by atoms with Crippen LogP contribution in [0.2, 0.25) is 0 Å². The van der Waals surface area contributed by atoms with Crippen molar-refractivity contribution in [2.75, 3.05) is 11.5 Å². The molecule has 3 N–H and O–H groups in total. The number of amides is 1. The van der Waals surface area contributed by atoms with Crippen LogP contribution in [0.15, 0.2) is 0 Å². The van der Waals surface area contributed by atoms with Crippen molar-refractivity contribution in [3.05, 3.63) is 0 Å². The maximum atomic E-state index is 10.3. The second-order valence-corrected chi connectivity index (χ2v) is 3.65. The molecular formula is C7H16ClNO2S. The summed E-state index contributed by atoms with van der Waals surface area (Å²) < 4.78 is 0. The van der Waals surface area contributed by atoms with Gasteiger partial charge in [-0.25, -0.2) is 0 Å². The molecular weight excluding hydrogens is 198 g/mol. The molecule has 5 heteroatoms. The number of hydrogen-bond donors (Lipinski definition) is 2. The smallest absolute Gasteiger partial charge is 0.246 e. The van der Waals surface area contributed by atoms with Gasteiger partial charge in [-0.1, -0.05) is 6.92 Å². The zero-order valence-electron chi connectivity index (χ0n) is 7.16. The first-order valence-corrected chi connectivity index (χ1v) is 4.89. The number of aliphatic hydroxyl groups is 1. The van der Waals surface area contributed by atoms with Crippen molar-refractivity contribution in [3.8, 4) is 0 Å². The van der Waals surface area contributed by atoms with E-state index in [9.17, 15) is 4.79 Å². The van der Waals surface area contributed by atoms with E-state index in [1.54, 1.807) is 11.8 Å². The molecule has 0 heterocycles. The Labute approximate surface area is 83.5 Å². The van der Waals surface area contributed by atoms with Crippen LogP contribution in [0.3, 0.4) is 0 Å². The molecule has 0 radical (unpaired) electrons. The van der Waals surface area contributed by atoms with Crippen molar-refractivity contribution >= 4 is 30.1 Å². The molecule has 0 aliphatic rings. The van der Waals surface area contributed by atoms with Crippen molar-refractivity contribution in [2.45, 2.75) is 25.9 Å². The quantitative estimate of drug-likeness (QED) is 0.642. The highest BCUT2D eigenvalue weighted by Crippen LogP contribution is 2.05. The standard InChI is InChI=1S/C7H15NO2S.ClH/c1-2-11-5-3-4-6(9)7(8)10;/h6,9H,2-5H2,1H3,(H2,8,10);1H. The second-order valence-electron chi connectivity index (χ2n) is 2.26. The second kappa shape index (κ2) is 9.16. The highest BCUT2D eigenvalue weighted by molar-refractivity contribution is 7.99. The van der Waals surface area contributed by atoms with Crippen molar-refractivity contribution in [2.24, 2.45) is 5.73 Å². The van der Waals surface area contributed by atoms with Crippen LogP contribution in [0, 0.1) is 0 Å². The van der Waals surface area contributed by atoms with Crippen molar-refractivity contribution < 1.29 is 9.90 Å². The Morgan fingerprint density at radius 3 is 2.67 bits per heavy atom. The number of hydrogen-bond acceptors (Lipinski definition) is 3. The van der Waals surface area contributed by atoms with Crippen molar-refractivity contribution in [3.63, 3.8) is 0 Å². The summed E-state index contributed by atoms with van der Waals surface area (Å²) in [7, 11) is 0. The molecule has 1 amide bonds. The Kier molecular flexibility index (Phi) is 11.1. The average molecular weight is 214 g/mol. The molecule has 0 aromatic heterocycles. The predicted molar refractivity (Wildman–Crippen MR) is 54.7 cm³/mol. The number of halogens is 1. The van der Waals surface area contributed by atoms with Gasteiger partial charge in [0.15, 0.2) is 0 Å². The maximum absolute atomic E-state index is 10.3. The highest BCUT2D eigenvalue weighted by Gasteiger charge is 2.08. The fourth-order valence-electron chi connectivity index (χ4n) is 0.665. The molecule has 0 saturated heterocycles. The number of rotatable bonds is 6. The summed E-state index contributed by atoms with van der Waals surface area (Å²) in [4.78, 5) is 10.3. The molecule has 0 aromatic rings. The van der Waals surface area contributed by atoms with Gasteiger partial charge in [0, 0.05) is 0 Å². The summed E-state index contributed by atoms with van der Waals surface area (Å²) in [6.45, 7) is 2.08. The zero-order chi connectivity index (χ0) is 8.69. The Balaban J connectivity index is 0. The minimum atomic E-state index is -0.951. The van der Waals surface area contributed by atoms with E-state index in [0.29, 0.717) is 6.42 Å². The molecule has 1 unspecified atom stereocenters. The molecule has 0 saturated carbocycles. The number of thioether (sulfide) groups is 1. The van der Waals surface area contributed by atoms with Crippen LogP contribution in [-0.2, 0) is 4.79 Å². The molecule has 0 rings (SSSR count). The number of aliphatic hydroxyl groups excluding tert-OH is 1. The van der Waals surface area contributed by atoms with Crippen LogP contribution in [0.5, 0.6) is 0 Å². The lowest BCUT2D eigenvalue weighted by atomic mass is 10.2. The Morgan fingerprint density at radius 2 is 2.25 bits per heavy atom. The summed E-state index contributed by atoms with van der Waals surface area (Å²) >= 11 is 1.80. The SMILES string of the molecule is CCSCCCC(O)C(N)=O.Cl. The van der Waals surface area contributed by atoms with Crippen molar-refractivity contribution in [1.29, 1.82) is 0 Å². The Bertz CT molecular complexity index is 124. The van der Waals surface area contributed by atoms with E-state index < -0.39 is 12.0 Å². The third-order valence-corrected chi connectivity index (χ3v) is 2.28. The number of primary amides is 1. The zero-order valence-corrected chi connectivity index (χ0v) is 8.79. The number of carbonyl (C=O) groups is 1. The maximum Gasteiger partial charge on any atom is 0.246 e. The fraction of sp³-hybridized carbons (Fsp3) is 0.857. The van der Waals surface area contributed by atoms with E-state index in [2.05, 4.69) is 6.92 Å². The lowest BCUT2D eigenvalue weighted by Gasteiger charge is -2.04. The molecule has 0 spiro atoms. The summed E-state index contributed by atoms with van der Waals surface area (Å²) in [5.74, 6) is 1.44. The van der Waals surface area contributed by atoms with Crippen LogP contribution in [0.4, 0.5) is 0 Å². The first kappa shape index (κ1) is 14.6. The topological polar surface area (TPSA) is 63.3 Å². The van der Waals surface area contributed by atoms with Crippen LogP contribution >= 0.6 is 24.2 Å². The van der Waals surface area contributed by atoms with Gasteiger partial charge in [0.05, 0.1) is 0 Å². The summed E-state index contributed by atoms with van der Waals surface area (Å²) in [5, 5.41) is 8.94. The summed E-state index contributed by atoms with van der Waals surface area (Å²) in [6.07, 6.45) is 0.387. The Hall–Kier alpha value is 0.0700. The van der Waals surface area contributed by atoms with E-state index in [1.807, 2.05) is 0 Å². The van der Waals surface area contributed by atoms with Crippen LogP contribution < -0.4 is 5.73 Å². The van der Waals surface area contributed by atoms with Gasteiger partial charge in [-0.15, -0.1) is 12.4 Å². The minimum absolute atomic E-state index is 0. The van der Waals surface area contributed by atoms with Gasteiger partial charge in [-0.05, 0) is 24.3 Å². The minimum Gasteiger partial charge on any atom is -0.383 e. The van der Waals surface area contributed by atoms with Crippen molar-refractivity contribution in [1.82, 2.24) is 0 Å². The lowest BCUT2D eigenvalue weighted by molar-refractivity contribution is -0.126. The molecule has 3 nitrogen and oxygen atoms in total. The first-order valence-electron chi connectivity index (χ1n) is 3.73. The van der Waals surface area contributed by atoms with Crippen LogP contribution in [0.1, 0.15) is 19.8 Å². The van der Waals surface area contributed by atoms with Crippen LogP contribution in [0.25, 0.3) is 0 Å². The van der Waals surface area contributed by atoms with Gasteiger partial charge >= 0.3 is 0 Å². The Morgan fingerprint density at radius 1 is 1.67 bits per heavy atom. The fourth-order valence-corrected chi connectivity index (χ4v) is 1.32. The molecule has 1 atom stereocenters. The molecule has 0 bridgehead atoms. The summed E-state index contributed by atoms with van der Waals surface area (Å²) in [6, 6.07) is 0. The normalized spacial score (nSPS) is 11.8. The predicted octanol–water partition coefficient (Wildman–Crippen LogP) is 0.788. The molecule has 12 heavy (non-hydrogen) atoms. The van der Waals surface area contributed by atoms with Gasteiger partial charge in [0.1, 0.15) is 6.10 Å². The van der Waals surface area contributed by atoms with E-state index >= 15 is 0 Å². The van der Waals surface area contributed by atoms with E-state index in [1.165, 1.54) is 0 Å². The van der Waals surface area contributed by atoms with Gasteiger partial charge in [0.2, 0.25) is 5.91 Å². The van der Waals surface area contributed by atoms with E-state index in [4.69, 9.17) is 10.8 Å². The number of carbonyl (C=O) groups excluding carboxylic acids is 1. The van der Waals surface area contributed by atoms with Gasteiger partial charge in [0.25, 0.3) is 0 Å². The molecule has 0 aromatic carbocycles. The molecule has 74 valence electrons. The monoisotopic (exact) mass is 213 g/mol. The van der Waals surface area contributed by atoms with Gasteiger partial charge < -0.3 is 10.8 Å². The summed E-state index contributed by atoms with van der Waals surface area (Å²) in [5.41, 5.74) is 4.85. The molecule has 0 fully saturated rings. The lowest BCUT2D eigenvalue weighted by Crippen LogP contribution is -2.28. The largest absolute Gasteiger partial charge is 0.383 e. The van der Waals surface area contributed by atoms with Crippen LogP contribution in [-0.4, -0.2) is 28.6 Å². The molecule has 0 aliphatic carbocycles. The molecule has 0 aliphatic heterocycles. The first-order chi connectivity index (χ1) is 5.18. The van der Waals surface area contributed by atoms with Gasteiger partial charge in [-0.2, -0.15) is 11.8 Å². The van der Waals surface area contributed by atoms with E-state index in [-0.39, 0.29) is 12.4 Å². The number of nitrogens with two attached hydrogens (primary N) is 1. The third-order valence-electron chi connectivity index (χ3n) is 1.30. The van der Waals surface area contributed by atoms with Gasteiger partial charge in [-0.3, -0.25) is 4.79 Å². The highest BCUT2D eigenvalue weighted by atomic mass is 35.5. The average Bonchev–Trinajstić information content (AvgIpc) is 1.97.